The molecule has 0 saturated carbocycles. The first kappa shape index (κ1) is 19.9. The van der Waals surface area contributed by atoms with Gasteiger partial charge < -0.3 is 14.2 Å². The number of nitrogens with zero attached hydrogens (tertiary/aromatic N) is 2. The van der Waals surface area contributed by atoms with E-state index in [2.05, 4.69) is 22.0 Å². The molecule has 0 radical (unpaired) electrons. The van der Waals surface area contributed by atoms with Crippen LogP contribution < -0.4 is 10.2 Å². The zero-order chi connectivity index (χ0) is 19.8. The Morgan fingerprint density at radius 1 is 1.22 bits per heavy atom. The Kier molecular flexibility index (Phi) is 6.90. The molecule has 1 N–H and O–H groups in total. The van der Waals surface area contributed by atoms with Gasteiger partial charge in [-0.15, -0.1) is 0 Å². The summed E-state index contributed by atoms with van der Waals surface area (Å²) in [5.41, 5.74) is 5.07. The lowest BCUT2D eigenvalue weighted by Gasteiger charge is -2.14. The lowest BCUT2D eigenvalue weighted by Crippen LogP contribution is -2.10. The van der Waals surface area contributed by atoms with Crippen molar-refractivity contribution >= 4 is 17.2 Å². The fraction of sp³-hybridized carbons (Fsp3) is 0.211. The van der Waals surface area contributed by atoms with Gasteiger partial charge in [-0.05, 0) is 19.1 Å². The van der Waals surface area contributed by atoms with Crippen LogP contribution in [0.2, 0.25) is 0 Å². The minimum absolute atomic E-state index is 0.148. The molecule has 2 aromatic rings. The van der Waals surface area contributed by atoms with Gasteiger partial charge in [0.05, 0.1) is 44.5 Å². The largest absolute Gasteiger partial charge is 0.503 e. The number of hydroxylamine groups is 1. The molecule has 27 heavy (non-hydrogen) atoms. The van der Waals surface area contributed by atoms with E-state index in [0.717, 1.165) is 5.56 Å². The van der Waals surface area contributed by atoms with E-state index in [9.17, 15) is 4.79 Å². The Morgan fingerprint density at radius 2 is 2.00 bits per heavy atom. The Balaban J connectivity index is 2.45. The molecular weight excluding hydrogens is 350 g/mol. The third-order valence-electron chi connectivity index (χ3n) is 3.53. The molecule has 2 rings (SSSR count). The van der Waals surface area contributed by atoms with E-state index in [1.807, 2.05) is 6.07 Å². The van der Waals surface area contributed by atoms with Crippen LogP contribution in [0.25, 0.3) is 11.3 Å². The van der Waals surface area contributed by atoms with Crippen molar-refractivity contribution in [1.82, 2.24) is 15.4 Å². The SMILES string of the molecule is C=C(NOC)c1cccc(Oc2ncnc(C)c2C(=COC)C(=O)OC)c1. The van der Waals surface area contributed by atoms with Gasteiger partial charge in [0.25, 0.3) is 0 Å². The van der Waals surface area contributed by atoms with Crippen LogP contribution in [-0.2, 0) is 19.1 Å². The number of carbonyl (C=O) groups excluding carboxylic acids is 1. The second-order valence-electron chi connectivity index (χ2n) is 5.31. The van der Waals surface area contributed by atoms with Crippen molar-refractivity contribution in [2.24, 2.45) is 0 Å². The van der Waals surface area contributed by atoms with Gasteiger partial charge in [0.2, 0.25) is 5.88 Å². The molecule has 8 heteroatoms. The van der Waals surface area contributed by atoms with E-state index < -0.39 is 5.97 Å². The maximum atomic E-state index is 12.2. The van der Waals surface area contributed by atoms with E-state index in [4.69, 9.17) is 19.0 Å². The molecule has 0 atom stereocenters. The van der Waals surface area contributed by atoms with Gasteiger partial charge >= 0.3 is 5.97 Å². The van der Waals surface area contributed by atoms with Crippen LogP contribution in [0.4, 0.5) is 0 Å². The average molecular weight is 371 g/mol. The number of nitrogens with one attached hydrogen (secondary N) is 1. The van der Waals surface area contributed by atoms with E-state index >= 15 is 0 Å². The first-order chi connectivity index (χ1) is 13.0. The molecule has 8 nitrogen and oxygen atoms in total. The van der Waals surface area contributed by atoms with Crippen LogP contribution in [0.15, 0.2) is 43.4 Å². The fourth-order valence-corrected chi connectivity index (χ4v) is 2.32. The van der Waals surface area contributed by atoms with Crippen LogP contribution >= 0.6 is 0 Å². The molecule has 0 bridgehead atoms. The van der Waals surface area contributed by atoms with Crippen molar-refractivity contribution in [3.63, 3.8) is 0 Å². The number of ether oxygens (including phenoxy) is 3. The molecule has 0 spiro atoms. The fourth-order valence-electron chi connectivity index (χ4n) is 2.32. The number of hydrogen-bond donors (Lipinski definition) is 1. The topological polar surface area (TPSA) is 91.8 Å². The maximum absolute atomic E-state index is 12.2. The molecule has 142 valence electrons. The van der Waals surface area contributed by atoms with E-state index in [1.54, 1.807) is 25.1 Å². The molecule has 0 aliphatic heterocycles. The summed E-state index contributed by atoms with van der Waals surface area (Å²) in [6.45, 7) is 5.61. The van der Waals surface area contributed by atoms with E-state index in [-0.39, 0.29) is 11.5 Å². The van der Waals surface area contributed by atoms with E-state index in [1.165, 1.54) is 33.9 Å². The van der Waals surface area contributed by atoms with Crippen LogP contribution in [0.3, 0.4) is 0 Å². The Bertz CT molecular complexity index is 864. The Labute approximate surface area is 157 Å². The monoisotopic (exact) mass is 371 g/mol. The van der Waals surface area contributed by atoms with Gasteiger partial charge in [-0.25, -0.2) is 14.8 Å². The van der Waals surface area contributed by atoms with Crippen LogP contribution in [0.5, 0.6) is 11.6 Å². The Hall–Kier alpha value is -3.39. The summed E-state index contributed by atoms with van der Waals surface area (Å²) in [7, 11) is 4.21. The minimum Gasteiger partial charge on any atom is -0.503 e. The molecule has 1 heterocycles. The normalized spacial score (nSPS) is 10.9. The number of benzene rings is 1. The molecule has 0 aliphatic carbocycles. The summed E-state index contributed by atoms with van der Waals surface area (Å²) in [6, 6.07) is 7.15. The molecule has 1 aromatic heterocycles. The van der Waals surface area contributed by atoms with Crippen molar-refractivity contribution < 1.29 is 23.8 Å². The first-order valence-corrected chi connectivity index (χ1v) is 7.91. The van der Waals surface area contributed by atoms with Gasteiger partial charge in [0, 0.05) is 5.56 Å². The van der Waals surface area contributed by atoms with Gasteiger partial charge in [-0.3, -0.25) is 10.3 Å². The zero-order valence-corrected chi connectivity index (χ0v) is 15.6. The van der Waals surface area contributed by atoms with E-state index in [0.29, 0.717) is 22.7 Å². The van der Waals surface area contributed by atoms with Crippen molar-refractivity contribution in [2.45, 2.75) is 6.92 Å². The van der Waals surface area contributed by atoms with Gasteiger partial charge in [-0.2, -0.15) is 0 Å². The number of rotatable bonds is 8. The first-order valence-electron chi connectivity index (χ1n) is 7.91. The minimum atomic E-state index is -0.592. The predicted molar refractivity (Wildman–Crippen MR) is 99.5 cm³/mol. The molecule has 0 aliphatic rings. The summed E-state index contributed by atoms with van der Waals surface area (Å²) in [5, 5.41) is 0. The van der Waals surface area contributed by atoms with Gasteiger partial charge in [0.15, 0.2) is 0 Å². The molecule has 0 fully saturated rings. The highest BCUT2D eigenvalue weighted by Crippen LogP contribution is 2.31. The number of hydrogen-bond acceptors (Lipinski definition) is 8. The third kappa shape index (κ3) is 4.83. The van der Waals surface area contributed by atoms with Gasteiger partial charge in [-0.1, -0.05) is 18.7 Å². The lowest BCUT2D eigenvalue weighted by molar-refractivity contribution is -0.133. The van der Waals surface area contributed by atoms with Crippen molar-refractivity contribution in [1.29, 1.82) is 0 Å². The van der Waals surface area contributed by atoms with Gasteiger partial charge in [0.1, 0.15) is 17.6 Å². The molecule has 0 amide bonds. The highest BCUT2D eigenvalue weighted by molar-refractivity contribution is 6.17. The smallest absolute Gasteiger partial charge is 0.341 e. The summed E-state index contributed by atoms with van der Waals surface area (Å²) in [4.78, 5) is 25.3. The van der Waals surface area contributed by atoms with Crippen molar-refractivity contribution in [3.8, 4) is 11.6 Å². The highest BCUT2D eigenvalue weighted by atomic mass is 16.6. The number of methoxy groups -OCH3 is 2. The van der Waals surface area contributed by atoms with Crippen LogP contribution in [0, 0.1) is 6.92 Å². The van der Waals surface area contributed by atoms with Crippen LogP contribution in [0.1, 0.15) is 16.8 Å². The summed E-state index contributed by atoms with van der Waals surface area (Å²) >= 11 is 0. The Morgan fingerprint density at radius 3 is 2.67 bits per heavy atom. The standard InChI is InChI=1S/C19H21N3O5/c1-12(22-26-5)14-7-6-8-15(9-14)27-18-17(13(2)20-11-21-18)16(10-24-3)19(23)25-4/h6-11,22H,1H2,2-5H3. The average Bonchev–Trinajstić information content (AvgIpc) is 2.67. The molecule has 0 unspecified atom stereocenters. The summed E-state index contributed by atoms with van der Waals surface area (Å²) in [6.07, 6.45) is 2.62. The zero-order valence-electron chi connectivity index (χ0n) is 15.6. The second kappa shape index (κ2) is 9.35. The molecular formula is C19H21N3O5. The van der Waals surface area contributed by atoms with Crippen LogP contribution in [-0.4, -0.2) is 37.3 Å². The molecule has 0 saturated heterocycles. The highest BCUT2D eigenvalue weighted by Gasteiger charge is 2.22. The number of esters is 1. The van der Waals surface area contributed by atoms with Crippen molar-refractivity contribution in [3.05, 3.63) is 60.3 Å². The number of aryl methyl sites for hydroxylation is 1. The second-order valence-corrected chi connectivity index (χ2v) is 5.31. The molecule has 1 aromatic carbocycles. The number of carbonyl (C=O) groups is 1. The number of aromatic nitrogens is 2. The third-order valence-corrected chi connectivity index (χ3v) is 3.53. The van der Waals surface area contributed by atoms with Crippen molar-refractivity contribution in [2.75, 3.05) is 21.3 Å². The lowest BCUT2D eigenvalue weighted by atomic mass is 10.1. The quantitative estimate of drug-likeness (QED) is 0.328. The predicted octanol–water partition coefficient (Wildman–Crippen LogP) is 2.86. The summed E-state index contributed by atoms with van der Waals surface area (Å²) in [5.74, 6) is 0.0946. The summed E-state index contributed by atoms with van der Waals surface area (Å²) < 4.78 is 15.8. The maximum Gasteiger partial charge on any atom is 0.341 e.